The van der Waals surface area contributed by atoms with Crippen molar-refractivity contribution in [3.05, 3.63) is 64.6 Å². The van der Waals surface area contributed by atoms with Crippen LogP contribution in [0.15, 0.2) is 64.0 Å². The summed E-state index contributed by atoms with van der Waals surface area (Å²) < 4.78 is 1.19. The number of thioether (sulfide) groups is 1. The Balaban J connectivity index is 1.92. The smallest absolute Gasteiger partial charge is 0.0207 e. The Hall–Kier alpha value is -0.770. The predicted octanol–water partition coefficient (Wildman–Crippen LogP) is 4.37. The maximum atomic E-state index is 3.62. The third kappa shape index (κ3) is 4.68. The summed E-state index contributed by atoms with van der Waals surface area (Å²) in [6.45, 7) is 0. The molecule has 0 amide bonds. The van der Waals surface area contributed by atoms with Crippen LogP contribution < -0.4 is 5.32 Å². The van der Waals surface area contributed by atoms with Gasteiger partial charge in [-0.1, -0.05) is 52.3 Å². The van der Waals surface area contributed by atoms with E-state index < -0.39 is 0 Å². The van der Waals surface area contributed by atoms with Crippen LogP contribution in [0.1, 0.15) is 5.56 Å². The van der Waals surface area contributed by atoms with Crippen LogP contribution in [-0.4, -0.2) is 18.8 Å². The molecule has 0 spiro atoms. The molecule has 2 aromatic carbocycles. The standard InChI is InChI=1S/C16H18BrNS/c1-18-14(11-13-7-5-6-10-16(13)17)12-19-15-8-3-2-4-9-15/h2-10,14,18H,11-12H2,1H3. The van der Waals surface area contributed by atoms with Gasteiger partial charge in [0.15, 0.2) is 0 Å². The SMILES string of the molecule is CNC(CSc1ccccc1)Cc1ccccc1Br. The minimum Gasteiger partial charge on any atom is -0.316 e. The van der Waals surface area contributed by atoms with Gasteiger partial charge in [0.25, 0.3) is 0 Å². The second kappa shape index (κ2) is 7.73. The summed E-state index contributed by atoms with van der Waals surface area (Å²) in [5.74, 6) is 1.07. The lowest BCUT2D eigenvalue weighted by molar-refractivity contribution is 0.616. The lowest BCUT2D eigenvalue weighted by atomic mass is 10.1. The van der Waals surface area contributed by atoms with Crippen molar-refractivity contribution < 1.29 is 0 Å². The highest BCUT2D eigenvalue weighted by atomic mass is 79.9. The fourth-order valence-corrected chi connectivity index (χ4v) is 3.36. The van der Waals surface area contributed by atoms with E-state index in [-0.39, 0.29) is 0 Å². The molecule has 1 nitrogen and oxygen atoms in total. The molecule has 2 rings (SSSR count). The third-order valence-electron chi connectivity index (χ3n) is 3.03. The maximum Gasteiger partial charge on any atom is 0.0207 e. The summed E-state index contributed by atoms with van der Waals surface area (Å²) >= 11 is 5.52. The van der Waals surface area contributed by atoms with E-state index in [1.807, 2.05) is 18.8 Å². The zero-order valence-electron chi connectivity index (χ0n) is 11.0. The lowest BCUT2D eigenvalue weighted by Gasteiger charge is -2.16. The van der Waals surface area contributed by atoms with Crippen LogP contribution in [0.5, 0.6) is 0 Å². The molecule has 0 aromatic heterocycles. The second-order valence-electron chi connectivity index (χ2n) is 4.41. The van der Waals surface area contributed by atoms with E-state index in [9.17, 15) is 0 Å². The molecular formula is C16H18BrNS. The molecule has 1 N–H and O–H groups in total. The highest BCUT2D eigenvalue weighted by molar-refractivity contribution is 9.10. The molecule has 0 fully saturated rings. The van der Waals surface area contributed by atoms with Gasteiger partial charge < -0.3 is 5.32 Å². The average Bonchev–Trinajstić information content (AvgIpc) is 2.46. The number of hydrogen-bond donors (Lipinski definition) is 1. The molecule has 0 aliphatic heterocycles. The van der Waals surface area contributed by atoms with Crippen LogP contribution in [0.3, 0.4) is 0 Å². The Kier molecular flexibility index (Phi) is 5.95. The van der Waals surface area contributed by atoms with Crippen LogP contribution in [0.25, 0.3) is 0 Å². The molecule has 1 atom stereocenters. The zero-order chi connectivity index (χ0) is 13.5. The average molecular weight is 336 g/mol. The number of nitrogens with one attached hydrogen (secondary N) is 1. The number of likely N-dealkylation sites (N-methyl/N-ethyl adjacent to an activating group) is 1. The first-order chi connectivity index (χ1) is 9.29. The van der Waals surface area contributed by atoms with Crippen LogP contribution in [0, 0.1) is 0 Å². The molecule has 0 aliphatic rings. The minimum atomic E-state index is 0.476. The first kappa shape index (κ1) is 14.6. The Labute approximate surface area is 127 Å². The highest BCUT2D eigenvalue weighted by Crippen LogP contribution is 2.22. The predicted molar refractivity (Wildman–Crippen MR) is 87.9 cm³/mol. The largest absolute Gasteiger partial charge is 0.316 e. The van der Waals surface area contributed by atoms with Crippen LogP contribution in [0.4, 0.5) is 0 Å². The minimum absolute atomic E-state index is 0.476. The van der Waals surface area contributed by atoms with E-state index in [0.717, 1.165) is 12.2 Å². The Morgan fingerprint density at radius 1 is 1.05 bits per heavy atom. The van der Waals surface area contributed by atoms with Crippen molar-refractivity contribution in [3.8, 4) is 0 Å². The molecule has 100 valence electrons. The number of rotatable bonds is 6. The van der Waals surface area contributed by atoms with Crippen molar-refractivity contribution in [2.24, 2.45) is 0 Å². The molecule has 0 radical (unpaired) electrons. The fraction of sp³-hybridized carbons (Fsp3) is 0.250. The first-order valence-electron chi connectivity index (χ1n) is 6.38. The first-order valence-corrected chi connectivity index (χ1v) is 8.16. The van der Waals surface area contributed by atoms with E-state index in [1.165, 1.54) is 14.9 Å². The van der Waals surface area contributed by atoms with Gasteiger partial charge in [-0.25, -0.2) is 0 Å². The van der Waals surface area contributed by atoms with Crippen molar-refractivity contribution >= 4 is 27.7 Å². The molecule has 0 bridgehead atoms. The maximum absolute atomic E-state index is 3.62. The van der Waals surface area contributed by atoms with E-state index in [0.29, 0.717) is 6.04 Å². The van der Waals surface area contributed by atoms with Crippen molar-refractivity contribution in [3.63, 3.8) is 0 Å². The van der Waals surface area contributed by atoms with Gasteiger partial charge in [-0.15, -0.1) is 11.8 Å². The van der Waals surface area contributed by atoms with E-state index in [4.69, 9.17) is 0 Å². The third-order valence-corrected chi connectivity index (χ3v) is 4.97. The molecular weight excluding hydrogens is 318 g/mol. The van der Waals surface area contributed by atoms with Gasteiger partial charge in [-0.2, -0.15) is 0 Å². The van der Waals surface area contributed by atoms with Crippen molar-refractivity contribution in [2.75, 3.05) is 12.8 Å². The summed E-state index contributed by atoms with van der Waals surface area (Å²) in [6, 6.07) is 19.5. The van der Waals surface area contributed by atoms with E-state index in [2.05, 4.69) is 75.8 Å². The fourth-order valence-electron chi connectivity index (χ4n) is 1.89. The zero-order valence-corrected chi connectivity index (χ0v) is 13.4. The van der Waals surface area contributed by atoms with Gasteiger partial charge >= 0.3 is 0 Å². The molecule has 2 aromatic rings. The van der Waals surface area contributed by atoms with Gasteiger partial charge in [-0.3, -0.25) is 0 Å². The van der Waals surface area contributed by atoms with Gasteiger partial charge in [-0.05, 0) is 37.2 Å². The van der Waals surface area contributed by atoms with Crippen molar-refractivity contribution in [1.82, 2.24) is 5.32 Å². The molecule has 1 unspecified atom stereocenters. The van der Waals surface area contributed by atoms with Crippen molar-refractivity contribution in [1.29, 1.82) is 0 Å². The second-order valence-corrected chi connectivity index (χ2v) is 6.35. The van der Waals surface area contributed by atoms with Crippen LogP contribution in [0.2, 0.25) is 0 Å². The Morgan fingerprint density at radius 3 is 2.42 bits per heavy atom. The van der Waals surface area contributed by atoms with Crippen LogP contribution >= 0.6 is 27.7 Å². The summed E-state index contributed by atoms with van der Waals surface area (Å²) in [5.41, 5.74) is 1.36. The topological polar surface area (TPSA) is 12.0 Å². The monoisotopic (exact) mass is 335 g/mol. The normalized spacial score (nSPS) is 12.3. The number of benzene rings is 2. The summed E-state index contributed by atoms with van der Waals surface area (Å²) in [6.07, 6.45) is 1.04. The van der Waals surface area contributed by atoms with Crippen molar-refractivity contribution in [2.45, 2.75) is 17.4 Å². The molecule has 0 heterocycles. The highest BCUT2D eigenvalue weighted by Gasteiger charge is 2.09. The van der Waals surface area contributed by atoms with E-state index >= 15 is 0 Å². The number of halogens is 1. The summed E-state index contributed by atoms with van der Waals surface area (Å²) in [5, 5.41) is 3.41. The summed E-state index contributed by atoms with van der Waals surface area (Å²) in [7, 11) is 2.03. The van der Waals surface area contributed by atoms with Gasteiger partial charge in [0.2, 0.25) is 0 Å². The lowest BCUT2D eigenvalue weighted by Crippen LogP contribution is -2.30. The van der Waals surface area contributed by atoms with Crippen LogP contribution in [-0.2, 0) is 6.42 Å². The molecule has 0 saturated heterocycles. The molecule has 19 heavy (non-hydrogen) atoms. The molecule has 0 aliphatic carbocycles. The Bertz CT molecular complexity index is 501. The van der Waals surface area contributed by atoms with Gasteiger partial charge in [0, 0.05) is 21.2 Å². The number of hydrogen-bond acceptors (Lipinski definition) is 2. The quantitative estimate of drug-likeness (QED) is 0.786. The summed E-state index contributed by atoms with van der Waals surface area (Å²) in [4.78, 5) is 1.33. The van der Waals surface area contributed by atoms with Gasteiger partial charge in [0.05, 0.1) is 0 Å². The van der Waals surface area contributed by atoms with Gasteiger partial charge in [0.1, 0.15) is 0 Å². The molecule has 0 saturated carbocycles. The Morgan fingerprint density at radius 2 is 1.74 bits per heavy atom. The van der Waals surface area contributed by atoms with E-state index in [1.54, 1.807) is 0 Å². The molecule has 3 heteroatoms.